The zero-order valence-corrected chi connectivity index (χ0v) is 10.9. The maximum Gasteiger partial charge on any atom is 0.248 e. The summed E-state index contributed by atoms with van der Waals surface area (Å²) < 4.78 is 5.53. The van der Waals surface area contributed by atoms with Gasteiger partial charge in [0.2, 0.25) is 11.7 Å². The summed E-state index contributed by atoms with van der Waals surface area (Å²) in [5, 5.41) is 12.3. The summed E-state index contributed by atoms with van der Waals surface area (Å²) in [6.45, 7) is 1.42. The van der Waals surface area contributed by atoms with Crippen molar-refractivity contribution in [3.63, 3.8) is 0 Å². The molecular weight excluding hydrogens is 258 g/mol. The lowest BCUT2D eigenvalue weighted by molar-refractivity contribution is 0.0898. The molecule has 0 saturated carbocycles. The molecule has 7 heteroatoms. The number of hydrogen-bond donors (Lipinski definition) is 1. The van der Waals surface area contributed by atoms with E-state index in [9.17, 15) is 4.79 Å². The number of amides is 1. The van der Waals surface area contributed by atoms with Gasteiger partial charge in [-0.2, -0.15) is 4.80 Å². The molecule has 0 radical (unpaired) electrons. The molecule has 1 atom stereocenters. The standard InChI is InChI=1S/C13H15N5O2/c14-12(19)9-3-5-10(6-4-9)13-15-17-18(16-13)8-11-2-1-7-20-11/h3-6,11H,1-2,7-8H2,(H2,14,19)/t11-/m0/s1. The molecule has 2 N–H and O–H groups in total. The van der Waals surface area contributed by atoms with Crippen LogP contribution in [-0.4, -0.2) is 38.8 Å². The van der Waals surface area contributed by atoms with Crippen molar-refractivity contribution in [3.8, 4) is 11.4 Å². The van der Waals surface area contributed by atoms with Gasteiger partial charge in [0.1, 0.15) is 0 Å². The maximum absolute atomic E-state index is 11.0. The average Bonchev–Trinajstić information content (AvgIpc) is 3.11. The van der Waals surface area contributed by atoms with E-state index >= 15 is 0 Å². The maximum atomic E-state index is 11.0. The van der Waals surface area contributed by atoms with Crippen LogP contribution in [0.15, 0.2) is 24.3 Å². The van der Waals surface area contributed by atoms with Gasteiger partial charge in [0, 0.05) is 17.7 Å². The highest BCUT2D eigenvalue weighted by molar-refractivity contribution is 5.93. The van der Waals surface area contributed by atoms with E-state index in [0.29, 0.717) is 17.9 Å². The molecule has 1 aliphatic rings. The van der Waals surface area contributed by atoms with Crippen LogP contribution in [0.5, 0.6) is 0 Å². The summed E-state index contributed by atoms with van der Waals surface area (Å²) >= 11 is 0. The number of nitrogens with two attached hydrogens (primary N) is 1. The van der Waals surface area contributed by atoms with E-state index in [1.54, 1.807) is 29.1 Å². The summed E-state index contributed by atoms with van der Waals surface area (Å²) in [5.41, 5.74) is 6.46. The third-order valence-electron chi connectivity index (χ3n) is 3.27. The van der Waals surface area contributed by atoms with Crippen molar-refractivity contribution in [2.45, 2.75) is 25.5 Å². The van der Waals surface area contributed by atoms with Crippen LogP contribution in [-0.2, 0) is 11.3 Å². The smallest absolute Gasteiger partial charge is 0.248 e. The fourth-order valence-electron chi connectivity index (χ4n) is 2.19. The lowest BCUT2D eigenvalue weighted by Crippen LogP contribution is -2.17. The molecule has 20 heavy (non-hydrogen) atoms. The molecule has 1 fully saturated rings. The molecule has 1 aromatic carbocycles. The number of hydrogen-bond acceptors (Lipinski definition) is 5. The molecule has 0 aliphatic carbocycles. The molecule has 0 spiro atoms. The molecule has 1 aromatic heterocycles. The Morgan fingerprint density at radius 3 is 2.85 bits per heavy atom. The van der Waals surface area contributed by atoms with E-state index in [1.807, 2.05) is 0 Å². The topological polar surface area (TPSA) is 95.9 Å². The van der Waals surface area contributed by atoms with Crippen LogP contribution >= 0.6 is 0 Å². The zero-order chi connectivity index (χ0) is 13.9. The predicted octanol–water partition coefficient (Wildman–Crippen LogP) is 0.618. The first-order valence-corrected chi connectivity index (χ1v) is 6.52. The highest BCUT2D eigenvalue weighted by atomic mass is 16.5. The lowest BCUT2D eigenvalue weighted by atomic mass is 10.1. The Bertz CT molecular complexity index is 601. The Labute approximate surface area is 115 Å². The molecule has 0 bridgehead atoms. The number of benzene rings is 1. The van der Waals surface area contributed by atoms with Gasteiger partial charge in [0.25, 0.3) is 0 Å². The Kier molecular flexibility index (Phi) is 3.42. The van der Waals surface area contributed by atoms with Crippen LogP contribution in [0.1, 0.15) is 23.2 Å². The Morgan fingerprint density at radius 2 is 2.20 bits per heavy atom. The number of rotatable bonds is 4. The second kappa shape index (κ2) is 5.38. The van der Waals surface area contributed by atoms with Gasteiger partial charge in [-0.05, 0) is 30.2 Å². The number of primary amides is 1. The van der Waals surface area contributed by atoms with E-state index in [1.165, 1.54) is 0 Å². The summed E-state index contributed by atoms with van der Waals surface area (Å²) in [4.78, 5) is 12.6. The molecule has 2 heterocycles. The first kappa shape index (κ1) is 12.7. The third-order valence-corrected chi connectivity index (χ3v) is 3.27. The predicted molar refractivity (Wildman–Crippen MR) is 70.7 cm³/mol. The number of tetrazole rings is 1. The summed E-state index contributed by atoms with van der Waals surface area (Å²) in [6, 6.07) is 6.82. The number of ether oxygens (including phenoxy) is 1. The Morgan fingerprint density at radius 1 is 1.40 bits per heavy atom. The van der Waals surface area contributed by atoms with Gasteiger partial charge < -0.3 is 10.5 Å². The van der Waals surface area contributed by atoms with Crippen LogP contribution in [0, 0.1) is 0 Å². The highest BCUT2D eigenvalue weighted by Gasteiger charge is 2.17. The molecule has 1 saturated heterocycles. The molecule has 2 aromatic rings. The second-order valence-corrected chi connectivity index (χ2v) is 4.74. The van der Waals surface area contributed by atoms with E-state index in [-0.39, 0.29) is 6.10 Å². The van der Waals surface area contributed by atoms with Crippen molar-refractivity contribution in [1.29, 1.82) is 0 Å². The summed E-state index contributed by atoms with van der Waals surface area (Å²) in [7, 11) is 0. The molecule has 1 amide bonds. The minimum atomic E-state index is -0.452. The fraction of sp³-hybridized carbons (Fsp3) is 0.385. The second-order valence-electron chi connectivity index (χ2n) is 4.74. The van der Waals surface area contributed by atoms with Gasteiger partial charge in [0.05, 0.1) is 12.6 Å². The van der Waals surface area contributed by atoms with Crippen molar-refractivity contribution in [1.82, 2.24) is 20.2 Å². The van der Waals surface area contributed by atoms with Crippen molar-refractivity contribution in [2.75, 3.05) is 6.61 Å². The normalized spacial score (nSPS) is 18.3. The van der Waals surface area contributed by atoms with Gasteiger partial charge in [-0.1, -0.05) is 12.1 Å². The SMILES string of the molecule is NC(=O)c1ccc(-c2nnn(C[C@@H]3CCCO3)n2)cc1. The quantitative estimate of drug-likeness (QED) is 0.880. The summed E-state index contributed by atoms with van der Waals surface area (Å²) in [5.74, 6) is 0.0746. The van der Waals surface area contributed by atoms with Crippen molar-refractivity contribution >= 4 is 5.91 Å². The van der Waals surface area contributed by atoms with Gasteiger partial charge in [0.15, 0.2) is 0 Å². The number of carbonyl (C=O) groups is 1. The lowest BCUT2D eigenvalue weighted by Gasteiger charge is -2.06. The van der Waals surface area contributed by atoms with Gasteiger partial charge >= 0.3 is 0 Å². The third kappa shape index (κ3) is 2.67. The van der Waals surface area contributed by atoms with Crippen molar-refractivity contribution in [3.05, 3.63) is 29.8 Å². The molecular formula is C13H15N5O2. The first-order valence-electron chi connectivity index (χ1n) is 6.52. The van der Waals surface area contributed by atoms with E-state index in [0.717, 1.165) is 25.0 Å². The van der Waals surface area contributed by atoms with Crippen molar-refractivity contribution < 1.29 is 9.53 Å². The summed E-state index contributed by atoms with van der Waals surface area (Å²) in [6.07, 6.45) is 2.29. The molecule has 7 nitrogen and oxygen atoms in total. The zero-order valence-electron chi connectivity index (χ0n) is 10.9. The van der Waals surface area contributed by atoms with Crippen molar-refractivity contribution in [2.24, 2.45) is 5.73 Å². The van der Waals surface area contributed by atoms with Crippen LogP contribution in [0.3, 0.4) is 0 Å². The van der Waals surface area contributed by atoms with Crippen LogP contribution in [0.25, 0.3) is 11.4 Å². The van der Waals surface area contributed by atoms with Gasteiger partial charge in [-0.15, -0.1) is 10.2 Å². The van der Waals surface area contributed by atoms with E-state index in [4.69, 9.17) is 10.5 Å². The van der Waals surface area contributed by atoms with Gasteiger partial charge in [-0.25, -0.2) is 0 Å². The Hall–Kier alpha value is -2.28. The van der Waals surface area contributed by atoms with E-state index < -0.39 is 5.91 Å². The number of nitrogens with zero attached hydrogens (tertiary/aromatic N) is 4. The Balaban J connectivity index is 1.73. The minimum Gasteiger partial charge on any atom is -0.376 e. The fourth-order valence-corrected chi connectivity index (χ4v) is 2.19. The van der Waals surface area contributed by atoms with Crippen LogP contribution in [0.4, 0.5) is 0 Å². The first-order chi connectivity index (χ1) is 9.72. The van der Waals surface area contributed by atoms with Crippen LogP contribution < -0.4 is 5.73 Å². The van der Waals surface area contributed by atoms with Crippen LogP contribution in [0.2, 0.25) is 0 Å². The minimum absolute atomic E-state index is 0.175. The van der Waals surface area contributed by atoms with E-state index in [2.05, 4.69) is 15.4 Å². The number of carbonyl (C=O) groups excluding carboxylic acids is 1. The largest absolute Gasteiger partial charge is 0.376 e. The molecule has 0 unspecified atom stereocenters. The average molecular weight is 273 g/mol. The van der Waals surface area contributed by atoms with Gasteiger partial charge in [-0.3, -0.25) is 4.79 Å². The molecule has 104 valence electrons. The molecule has 1 aliphatic heterocycles. The highest BCUT2D eigenvalue weighted by Crippen LogP contribution is 2.16. The molecule has 3 rings (SSSR count). The number of aromatic nitrogens is 4. The monoisotopic (exact) mass is 273 g/mol.